The van der Waals surface area contributed by atoms with Crippen molar-refractivity contribution >= 4 is 40.7 Å². The molecule has 0 heterocycles. The third kappa shape index (κ3) is 5.83. The molecule has 0 saturated carbocycles. The lowest BCUT2D eigenvalue weighted by Crippen LogP contribution is -2.45. The molecule has 0 aliphatic heterocycles. The Hall–Kier alpha value is -2.82. The van der Waals surface area contributed by atoms with Gasteiger partial charge < -0.3 is 10.6 Å². The Labute approximate surface area is 179 Å². The van der Waals surface area contributed by atoms with Crippen LogP contribution in [-0.4, -0.2) is 17.9 Å². The molecule has 148 valence electrons. The summed E-state index contributed by atoms with van der Waals surface area (Å²) in [6.45, 7) is 1.95. The minimum Gasteiger partial charge on any atom is -0.340 e. The number of carbonyl (C=O) groups excluding carboxylic acids is 2. The van der Waals surface area contributed by atoms with Crippen LogP contribution in [0.5, 0.6) is 0 Å². The Bertz CT molecular complexity index is 1010. The third-order valence-corrected chi connectivity index (χ3v) is 4.96. The highest BCUT2D eigenvalue weighted by Gasteiger charge is 2.23. The fourth-order valence-electron chi connectivity index (χ4n) is 2.82. The van der Waals surface area contributed by atoms with Gasteiger partial charge in [0.05, 0.1) is 10.7 Å². The molecule has 0 aliphatic carbocycles. The smallest absolute Gasteiger partial charge is 0.251 e. The van der Waals surface area contributed by atoms with Crippen molar-refractivity contribution in [2.75, 3.05) is 5.32 Å². The Balaban J connectivity index is 1.80. The van der Waals surface area contributed by atoms with E-state index in [0.29, 0.717) is 27.7 Å². The van der Waals surface area contributed by atoms with Gasteiger partial charge in [-0.15, -0.1) is 0 Å². The summed E-state index contributed by atoms with van der Waals surface area (Å²) in [5, 5.41) is 6.41. The highest BCUT2D eigenvalue weighted by atomic mass is 35.5. The van der Waals surface area contributed by atoms with Gasteiger partial charge in [0.1, 0.15) is 6.04 Å². The summed E-state index contributed by atoms with van der Waals surface area (Å²) in [6.07, 6.45) is 0.343. The molecule has 3 aromatic carbocycles. The van der Waals surface area contributed by atoms with Crippen molar-refractivity contribution in [1.29, 1.82) is 0 Å². The lowest BCUT2D eigenvalue weighted by molar-refractivity contribution is -0.118. The average molecular weight is 427 g/mol. The summed E-state index contributed by atoms with van der Waals surface area (Å²) in [4.78, 5) is 25.6. The van der Waals surface area contributed by atoms with Crippen LogP contribution in [0.3, 0.4) is 0 Å². The van der Waals surface area contributed by atoms with Crippen molar-refractivity contribution in [1.82, 2.24) is 5.32 Å². The second-order valence-electron chi connectivity index (χ2n) is 6.70. The summed E-state index contributed by atoms with van der Waals surface area (Å²) < 4.78 is 0. The van der Waals surface area contributed by atoms with E-state index in [2.05, 4.69) is 10.6 Å². The summed E-state index contributed by atoms with van der Waals surface area (Å²) in [6, 6.07) is 20.7. The monoisotopic (exact) mass is 426 g/mol. The van der Waals surface area contributed by atoms with Gasteiger partial charge in [-0.05, 0) is 42.8 Å². The molecule has 0 spiro atoms. The lowest BCUT2D eigenvalue weighted by atomic mass is 10.0. The van der Waals surface area contributed by atoms with Crippen molar-refractivity contribution in [3.8, 4) is 0 Å². The Kier molecular flexibility index (Phi) is 6.91. The van der Waals surface area contributed by atoms with Gasteiger partial charge in [0.15, 0.2) is 0 Å². The maximum absolute atomic E-state index is 13.0. The quantitative estimate of drug-likeness (QED) is 0.562. The topological polar surface area (TPSA) is 58.2 Å². The molecule has 2 N–H and O–H groups in total. The average Bonchev–Trinajstić information content (AvgIpc) is 2.70. The molecule has 3 aromatic rings. The predicted molar refractivity (Wildman–Crippen MR) is 118 cm³/mol. The number of halogens is 2. The summed E-state index contributed by atoms with van der Waals surface area (Å²) in [5.74, 6) is -0.679. The van der Waals surface area contributed by atoms with Crippen LogP contribution < -0.4 is 10.6 Å². The molecule has 0 saturated heterocycles. The maximum atomic E-state index is 13.0. The molecule has 1 atom stereocenters. The number of anilines is 1. The van der Waals surface area contributed by atoms with E-state index in [9.17, 15) is 9.59 Å². The van der Waals surface area contributed by atoms with E-state index < -0.39 is 6.04 Å². The van der Waals surface area contributed by atoms with E-state index >= 15 is 0 Å². The Morgan fingerprint density at radius 1 is 0.931 bits per heavy atom. The van der Waals surface area contributed by atoms with Gasteiger partial charge in [-0.25, -0.2) is 0 Å². The van der Waals surface area contributed by atoms with E-state index in [1.165, 1.54) is 0 Å². The molecule has 6 heteroatoms. The number of rotatable bonds is 6. The Morgan fingerprint density at radius 3 is 2.28 bits per heavy atom. The van der Waals surface area contributed by atoms with Gasteiger partial charge in [0, 0.05) is 17.0 Å². The van der Waals surface area contributed by atoms with Gasteiger partial charge in [-0.3, -0.25) is 9.59 Å². The first-order valence-corrected chi connectivity index (χ1v) is 9.85. The van der Waals surface area contributed by atoms with Gasteiger partial charge in [0.25, 0.3) is 5.91 Å². The zero-order chi connectivity index (χ0) is 20.8. The van der Waals surface area contributed by atoms with Crippen LogP contribution >= 0.6 is 23.2 Å². The van der Waals surface area contributed by atoms with Crippen LogP contribution in [0.2, 0.25) is 10.0 Å². The fraction of sp³-hybridized carbons (Fsp3) is 0.130. The molecular weight excluding hydrogens is 407 g/mol. The van der Waals surface area contributed by atoms with Crippen LogP contribution in [0.15, 0.2) is 72.8 Å². The minimum atomic E-state index is -0.780. The summed E-state index contributed by atoms with van der Waals surface area (Å²) in [5.41, 5.74) is 2.91. The predicted octanol–water partition coefficient (Wildman–Crippen LogP) is 5.28. The first kappa shape index (κ1) is 20.9. The number of nitrogens with one attached hydrogen (secondary N) is 2. The highest BCUT2D eigenvalue weighted by Crippen LogP contribution is 2.25. The first-order valence-electron chi connectivity index (χ1n) is 9.10. The number of hydrogen-bond acceptors (Lipinski definition) is 2. The summed E-state index contributed by atoms with van der Waals surface area (Å²) >= 11 is 12.1. The van der Waals surface area contributed by atoms with Crippen molar-refractivity contribution in [2.24, 2.45) is 0 Å². The summed E-state index contributed by atoms with van der Waals surface area (Å²) in [7, 11) is 0. The van der Waals surface area contributed by atoms with E-state index in [1.807, 2.05) is 49.4 Å². The number of benzene rings is 3. The van der Waals surface area contributed by atoms with Crippen molar-refractivity contribution in [3.63, 3.8) is 0 Å². The Morgan fingerprint density at radius 2 is 1.62 bits per heavy atom. The number of hydrogen-bond donors (Lipinski definition) is 2. The molecule has 29 heavy (non-hydrogen) atoms. The van der Waals surface area contributed by atoms with E-state index in [1.54, 1.807) is 30.3 Å². The number of amides is 2. The maximum Gasteiger partial charge on any atom is 0.251 e. The SMILES string of the molecule is Cc1ccc(C(=O)NC(Cc2ccccc2)C(=O)Nc2ccc(Cl)cc2Cl)cc1. The standard InChI is InChI=1S/C23H20Cl2N2O2/c1-15-7-9-17(10-8-15)22(28)27-21(13-16-5-3-2-4-6-16)23(29)26-20-12-11-18(24)14-19(20)25/h2-12,14,21H,13H2,1H3,(H,26,29)(H,27,28). The van der Waals surface area contributed by atoms with Gasteiger partial charge in [-0.2, -0.15) is 0 Å². The molecule has 0 bridgehead atoms. The lowest BCUT2D eigenvalue weighted by Gasteiger charge is -2.19. The van der Waals surface area contributed by atoms with Gasteiger partial charge in [0.2, 0.25) is 5.91 Å². The van der Waals surface area contributed by atoms with E-state index in [0.717, 1.165) is 11.1 Å². The van der Waals surface area contributed by atoms with Crippen LogP contribution in [0, 0.1) is 6.92 Å². The van der Waals surface area contributed by atoms with Gasteiger partial charge >= 0.3 is 0 Å². The zero-order valence-electron chi connectivity index (χ0n) is 15.8. The van der Waals surface area contributed by atoms with E-state index in [4.69, 9.17) is 23.2 Å². The minimum absolute atomic E-state index is 0.316. The highest BCUT2D eigenvalue weighted by molar-refractivity contribution is 6.36. The normalized spacial score (nSPS) is 11.6. The molecule has 3 rings (SSSR count). The largest absolute Gasteiger partial charge is 0.340 e. The number of carbonyl (C=O) groups is 2. The second kappa shape index (κ2) is 9.59. The van der Waals surface area contributed by atoms with Crippen molar-refractivity contribution in [3.05, 3.63) is 99.5 Å². The molecule has 1 unspecified atom stereocenters. The molecule has 4 nitrogen and oxygen atoms in total. The van der Waals surface area contributed by atoms with Crippen molar-refractivity contribution < 1.29 is 9.59 Å². The molecule has 0 radical (unpaired) electrons. The molecule has 0 fully saturated rings. The van der Waals surface area contributed by atoms with E-state index in [-0.39, 0.29) is 11.8 Å². The van der Waals surface area contributed by atoms with Crippen LogP contribution in [-0.2, 0) is 11.2 Å². The molecule has 0 aliphatic rings. The van der Waals surface area contributed by atoms with Crippen LogP contribution in [0.4, 0.5) is 5.69 Å². The molecule has 0 aromatic heterocycles. The van der Waals surface area contributed by atoms with Gasteiger partial charge in [-0.1, -0.05) is 71.2 Å². The fourth-order valence-corrected chi connectivity index (χ4v) is 3.27. The third-order valence-electron chi connectivity index (χ3n) is 4.41. The van der Waals surface area contributed by atoms with Crippen LogP contribution in [0.1, 0.15) is 21.5 Å². The second-order valence-corrected chi connectivity index (χ2v) is 7.54. The van der Waals surface area contributed by atoms with Crippen molar-refractivity contribution in [2.45, 2.75) is 19.4 Å². The molecule has 2 amide bonds. The molecular formula is C23H20Cl2N2O2. The van der Waals surface area contributed by atoms with Crippen LogP contribution in [0.25, 0.3) is 0 Å². The first-order chi connectivity index (χ1) is 13.9. The number of aryl methyl sites for hydroxylation is 1. The zero-order valence-corrected chi connectivity index (χ0v) is 17.3.